The third-order valence-corrected chi connectivity index (χ3v) is 2.51. The molecule has 0 radical (unpaired) electrons. The van der Waals surface area contributed by atoms with Crippen molar-refractivity contribution in [1.82, 2.24) is 4.57 Å². The van der Waals surface area contributed by atoms with Crippen molar-refractivity contribution in [2.45, 2.75) is 20.1 Å². The third-order valence-electron chi connectivity index (χ3n) is 2.51. The fourth-order valence-electron chi connectivity index (χ4n) is 1.72. The van der Waals surface area contributed by atoms with E-state index in [1.807, 2.05) is 0 Å². The van der Waals surface area contributed by atoms with Gasteiger partial charge in [-0.3, -0.25) is 0 Å². The zero-order valence-corrected chi connectivity index (χ0v) is 8.66. The molecule has 0 atom stereocenters. The molecule has 0 amide bonds. The highest BCUT2D eigenvalue weighted by atomic mass is 16.5. The van der Waals surface area contributed by atoms with Crippen LogP contribution in [0.1, 0.15) is 12.5 Å². The third kappa shape index (κ3) is 1.53. The zero-order valence-electron chi connectivity index (χ0n) is 8.66. The first-order chi connectivity index (χ1) is 6.85. The van der Waals surface area contributed by atoms with E-state index in [4.69, 9.17) is 4.74 Å². The SMILES string of the molecule is CCc1ccc2c(ccn2COC)c1. The molecule has 0 unspecified atom stereocenters. The van der Waals surface area contributed by atoms with Gasteiger partial charge in [-0.25, -0.2) is 0 Å². The van der Waals surface area contributed by atoms with Crippen molar-refractivity contribution in [2.75, 3.05) is 7.11 Å². The fourth-order valence-corrected chi connectivity index (χ4v) is 1.72. The first kappa shape index (κ1) is 9.28. The summed E-state index contributed by atoms with van der Waals surface area (Å²) in [4.78, 5) is 0. The number of benzene rings is 1. The Morgan fingerprint density at radius 1 is 1.29 bits per heavy atom. The minimum Gasteiger partial charge on any atom is -0.364 e. The Morgan fingerprint density at radius 3 is 2.86 bits per heavy atom. The Kier molecular flexibility index (Phi) is 2.55. The molecule has 2 heteroatoms. The smallest absolute Gasteiger partial charge is 0.122 e. The Balaban J connectivity index is 2.48. The van der Waals surface area contributed by atoms with Gasteiger partial charge in [0.15, 0.2) is 0 Å². The summed E-state index contributed by atoms with van der Waals surface area (Å²) in [6.45, 7) is 2.79. The Labute approximate surface area is 84.1 Å². The highest BCUT2D eigenvalue weighted by Gasteiger charge is 2.00. The second-order valence-electron chi connectivity index (χ2n) is 3.45. The minimum atomic E-state index is 0.620. The number of methoxy groups -OCH3 is 1. The van der Waals surface area contributed by atoms with Crippen LogP contribution >= 0.6 is 0 Å². The number of fused-ring (bicyclic) bond motifs is 1. The molecule has 1 aromatic carbocycles. The van der Waals surface area contributed by atoms with Crippen LogP contribution in [0.15, 0.2) is 30.5 Å². The van der Waals surface area contributed by atoms with Crippen LogP contribution in [0.5, 0.6) is 0 Å². The van der Waals surface area contributed by atoms with E-state index in [0.717, 1.165) is 6.42 Å². The van der Waals surface area contributed by atoms with Crippen molar-refractivity contribution in [3.05, 3.63) is 36.0 Å². The molecule has 0 aliphatic rings. The van der Waals surface area contributed by atoms with E-state index in [1.165, 1.54) is 16.5 Å². The van der Waals surface area contributed by atoms with Gasteiger partial charge in [-0.05, 0) is 35.6 Å². The van der Waals surface area contributed by atoms with E-state index in [2.05, 4.69) is 42.0 Å². The van der Waals surface area contributed by atoms with Gasteiger partial charge in [0.2, 0.25) is 0 Å². The first-order valence-corrected chi connectivity index (χ1v) is 4.92. The van der Waals surface area contributed by atoms with Gasteiger partial charge in [-0.1, -0.05) is 13.0 Å². The van der Waals surface area contributed by atoms with Gasteiger partial charge in [0, 0.05) is 18.8 Å². The summed E-state index contributed by atoms with van der Waals surface area (Å²) in [5, 5.41) is 1.29. The first-order valence-electron chi connectivity index (χ1n) is 4.92. The molecule has 0 saturated heterocycles. The predicted molar refractivity (Wildman–Crippen MR) is 58.3 cm³/mol. The summed E-state index contributed by atoms with van der Waals surface area (Å²) in [5.41, 5.74) is 2.62. The molecule has 1 aromatic heterocycles. The largest absolute Gasteiger partial charge is 0.364 e. The normalized spacial score (nSPS) is 11.0. The van der Waals surface area contributed by atoms with Crippen molar-refractivity contribution in [1.29, 1.82) is 0 Å². The number of hydrogen-bond acceptors (Lipinski definition) is 1. The van der Waals surface area contributed by atoms with Gasteiger partial charge in [0.1, 0.15) is 6.73 Å². The van der Waals surface area contributed by atoms with Gasteiger partial charge < -0.3 is 9.30 Å². The van der Waals surface area contributed by atoms with Gasteiger partial charge in [-0.15, -0.1) is 0 Å². The number of nitrogens with zero attached hydrogens (tertiary/aromatic N) is 1. The second kappa shape index (κ2) is 3.84. The molecule has 0 spiro atoms. The number of aryl methyl sites for hydroxylation is 1. The van der Waals surface area contributed by atoms with E-state index in [1.54, 1.807) is 7.11 Å². The lowest BCUT2D eigenvalue weighted by molar-refractivity contribution is 0.135. The molecule has 0 fully saturated rings. The maximum Gasteiger partial charge on any atom is 0.122 e. The highest BCUT2D eigenvalue weighted by Crippen LogP contribution is 2.17. The molecule has 2 aromatic rings. The van der Waals surface area contributed by atoms with Crippen molar-refractivity contribution >= 4 is 10.9 Å². The van der Waals surface area contributed by atoms with Crippen LogP contribution < -0.4 is 0 Å². The lowest BCUT2D eigenvalue weighted by atomic mass is 10.1. The van der Waals surface area contributed by atoms with Gasteiger partial charge in [-0.2, -0.15) is 0 Å². The summed E-state index contributed by atoms with van der Waals surface area (Å²) >= 11 is 0. The molecular weight excluding hydrogens is 174 g/mol. The molecule has 0 saturated carbocycles. The average Bonchev–Trinajstić information content (AvgIpc) is 2.61. The van der Waals surface area contributed by atoms with E-state index in [-0.39, 0.29) is 0 Å². The fraction of sp³-hybridized carbons (Fsp3) is 0.333. The molecule has 0 bridgehead atoms. The minimum absolute atomic E-state index is 0.620. The molecule has 2 nitrogen and oxygen atoms in total. The van der Waals surface area contributed by atoms with Crippen LogP contribution in [0.3, 0.4) is 0 Å². The van der Waals surface area contributed by atoms with Crippen LogP contribution in [-0.2, 0) is 17.9 Å². The monoisotopic (exact) mass is 189 g/mol. The van der Waals surface area contributed by atoms with Crippen molar-refractivity contribution in [3.8, 4) is 0 Å². The van der Waals surface area contributed by atoms with Crippen LogP contribution in [-0.4, -0.2) is 11.7 Å². The van der Waals surface area contributed by atoms with E-state index in [9.17, 15) is 0 Å². The summed E-state index contributed by atoms with van der Waals surface area (Å²) in [6.07, 6.45) is 3.15. The summed E-state index contributed by atoms with van der Waals surface area (Å²) in [6, 6.07) is 8.71. The van der Waals surface area contributed by atoms with E-state index >= 15 is 0 Å². The number of aromatic nitrogens is 1. The summed E-state index contributed by atoms with van der Waals surface area (Å²) in [7, 11) is 1.71. The molecular formula is C12H15NO. The summed E-state index contributed by atoms with van der Waals surface area (Å²) in [5.74, 6) is 0. The van der Waals surface area contributed by atoms with Gasteiger partial charge in [0.05, 0.1) is 0 Å². The maximum absolute atomic E-state index is 5.11. The Morgan fingerprint density at radius 2 is 2.14 bits per heavy atom. The van der Waals surface area contributed by atoms with Crippen molar-refractivity contribution in [3.63, 3.8) is 0 Å². The predicted octanol–water partition coefficient (Wildman–Crippen LogP) is 2.81. The molecule has 74 valence electrons. The molecule has 0 aliphatic heterocycles. The molecule has 0 aliphatic carbocycles. The standard InChI is InChI=1S/C12H15NO/c1-3-10-4-5-12-11(8-10)6-7-13(12)9-14-2/h4-8H,3,9H2,1-2H3. The van der Waals surface area contributed by atoms with Crippen molar-refractivity contribution < 1.29 is 4.74 Å². The average molecular weight is 189 g/mol. The lowest BCUT2D eigenvalue weighted by Crippen LogP contribution is -1.97. The lowest BCUT2D eigenvalue weighted by Gasteiger charge is -2.03. The Bertz CT molecular complexity index is 431. The van der Waals surface area contributed by atoms with Crippen LogP contribution in [0.4, 0.5) is 0 Å². The highest BCUT2D eigenvalue weighted by molar-refractivity contribution is 5.80. The number of hydrogen-bond donors (Lipinski definition) is 0. The number of ether oxygens (including phenoxy) is 1. The van der Waals surface area contributed by atoms with Crippen molar-refractivity contribution in [2.24, 2.45) is 0 Å². The zero-order chi connectivity index (χ0) is 9.97. The Hall–Kier alpha value is -1.28. The van der Waals surface area contributed by atoms with Gasteiger partial charge in [0.25, 0.3) is 0 Å². The molecule has 0 N–H and O–H groups in total. The summed E-state index contributed by atoms with van der Waals surface area (Å²) < 4.78 is 7.22. The molecule has 14 heavy (non-hydrogen) atoms. The van der Waals surface area contributed by atoms with Gasteiger partial charge >= 0.3 is 0 Å². The quantitative estimate of drug-likeness (QED) is 0.724. The topological polar surface area (TPSA) is 14.2 Å². The molecule has 2 rings (SSSR count). The van der Waals surface area contributed by atoms with Crippen LogP contribution in [0.25, 0.3) is 10.9 Å². The second-order valence-corrected chi connectivity index (χ2v) is 3.45. The number of rotatable bonds is 3. The maximum atomic E-state index is 5.11. The van der Waals surface area contributed by atoms with Crippen LogP contribution in [0.2, 0.25) is 0 Å². The van der Waals surface area contributed by atoms with E-state index in [0.29, 0.717) is 6.73 Å². The molecule has 1 heterocycles. The van der Waals surface area contributed by atoms with E-state index < -0.39 is 0 Å². The van der Waals surface area contributed by atoms with Crippen LogP contribution in [0, 0.1) is 0 Å².